The van der Waals surface area contributed by atoms with Crippen LogP contribution in [-0.2, 0) is 4.79 Å². The van der Waals surface area contributed by atoms with Crippen LogP contribution in [0.5, 0.6) is 0 Å². The molecule has 1 amide bonds. The van der Waals surface area contributed by atoms with Crippen LogP contribution in [-0.4, -0.2) is 58.6 Å². The molecule has 5 rings (SSSR count). The van der Waals surface area contributed by atoms with Crippen molar-refractivity contribution in [1.82, 2.24) is 24.8 Å². The van der Waals surface area contributed by atoms with Crippen molar-refractivity contribution in [1.29, 1.82) is 0 Å². The van der Waals surface area contributed by atoms with Crippen molar-refractivity contribution in [3.63, 3.8) is 0 Å². The molecule has 244 valence electrons. The van der Waals surface area contributed by atoms with Gasteiger partial charge in [0.25, 0.3) is 5.56 Å². The number of nitrogens with zero attached hydrogens (tertiary/aromatic N) is 4. The van der Waals surface area contributed by atoms with Gasteiger partial charge in [0, 0.05) is 53.6 Å². The summed E-state index contributed by atoms with van der Waals surface area (Å²) >= 11 is 6.42. The van der Waals surface area contributed by atoms with Crippen LogP contribution in [0.4, 0.5) is 21.7 Å². The average Bonchev–Trinajstić information content (AvgIpc) is 3.03. The lowest BCUT2D eigenvalue weighted by molar-refractivity contribution is -0.121. The highest BCUT2D eigenvalue weighted by Gasteiger charge is 2.28. The molecule has 11 heteroatoms. The van der Waals surface area contributed by atoms with Crippen LogP contribution in [0.25, 0.3) is 22.2 Å². The third-order valence-electron chi connectivity index (χ3n) is 8.76. The first-order valence-electron chi connectivity index (χ1n) is 16.0. The number of amides is 1. The molecule has 1 fully saturated rings. The molecule has 2 heterocycles. The Balaban J connectivity index is 1.51. The van der Waals surface area contributed by atoms with E-state index in [1.54, 1.807) is 22.9 Å². The topological polar surface area (TPSA) is 104 Å². The van der Waals surface area contributed by atoms with E-state index < -0.39 is 5.82 Å². The molecular formula is C35H43ClFN7O2. The minimum absolute atomic E-state index is 0.0243. The van der Waals surface area contributed by atoms with E-state index >= 15 is 0 Å². The third-order valence-corrected chi connectivity index (χ3v) is 9.14. The Morgan fingerprint density at radius 3 is 2.59 bits per heavy atom. The number of nitrogens with one attached hydrogen (secondary N) is 3. The Morgan fingerprint density at radius 1 is 1.13 bits per heavy atom. The molecule has 1 aliphatic carbocycles. The number of benzene rings is 2. The van der Waals surface area contributed by atoms with Crippen molar-refractivity contribution in [3.05, 3.63) is 74.9 Å². The predicted octanol–water partition coefficient (Wildman–Crippen LogP) is 6.98. The zero-order valence-corrected chi connectivity index (χ0v) is 28.0. The summed E-state index contributed by atoms with van der Waals surface area (Å²) in [5, 5.41) is 10.5. The first-order valence-corrected chi connectivity index (χ1v) is 16.4. The van der Waals surface area contributed by atoms with Gasteiger partial charge in [-0.3, -0.25) is 14.2 Å². The van der Waals surface area contributed by atoms with Crippen molar-refractivity contribution >= 4 is 45.9 Å². The second-order valence-corrected chi connectivity index (χ2v) is 12.8. The van der Waals surface area contributed by atoms with Gasteiger partial charge in [0.15, 0.2) is 0 Å². The van der Waals surface area contributed by atoms with E-state index in [1.165, 1.54) is 6.07 Å². The molecule has 0 spiro atoms. The van der Waals surface area contributed by atoms with Gasteiger partial charge in [0.1, 0.15) is 11.5 Å². The zero-order valence-electron chi connectivity index (χ0n) is 27.2. The lowest BCUT2D eigenvalue weighted by Crippen LogP contribution is -2.39. The predicted molar refractivity (Wildman–Crippen MR) is 185 cm³/mol. The number of aromatic nitrogens is 3. The van der Waals surface area contributed by atoms with Crippen LogP contribution in [0.15, 0.2) is 47.4 Å². The molecule has 3 N–H and O–H groups in total. The van der Waals surface area contributed by atoms with Gasteiger partial charge in [-0.05, 0) is 102 Å². The molecule has 0 aliphatic heterocycles. The monoisotopic (exact) mass is 647 g/mol. The van der Waals surface area contributed by atoms with Gasteiger partial charge in [-0.2, -0.15) is 4.98 Å². The number of fused-ring (bicyclic) bond motifs is 1. The molecular weight excluding hydrogens is 605 g/mol. The molecule has 0 bridgehead atoms. The Morgan fingerprint density at radius 2 is 1.89 bits per heavy atom. The number of carbonyl (C=O) groups is 1. The normalized spacial score (nSPS) is 16.5. The van der Waals surface area contributed by atoms with Gasteiger partial charge < -0.3 is 20.9 Å². The molecule has 0 atom stereocenters. The maximum atomic E-state index is 14.6. The average molecular weight is 648 g/mol. The first kappa shape index (κ1) is 33.3. The van der Waals surface area contributed by atoms with Crippen LogP contribution in [0.3, 0.4) is 0 Å². The summed E-state index contributed by atoms with van der Waals surface area (Å²) in [6, 6.07) is 10.5. The standard InChI is InChI=1S/C35H43ClFN7O2/c1-6-30(45)40-23-11-14-25(15-12-23)44-33-27(22(3)31(34(44)46)26-9-7-10-28(37)32(26)36)20-39-35(42-33)41-24-13-16-29(21(2)19-24)38-17-8-18-43(4)5/h7,9-10,13,16,19-20,23,25,38H,6,8,11-12,14-15,17-18H2,1-5H3,(H,40,45)(H,39,41,42). The second kappa shape index (κ2) is 14.6. The fourth-order valence-corrected chi connectivity index (χ4v) is 6.46. The fourth-order valence-electron chi connectivity index (χ4n) is 6.24. The van der Waals surface area contributed by atoms with Crippen molar-refractivity contribution in [2.45, 2.75) is 71.4 Å². The molecule has 1 aliphatic rings. The molecule has 4 aromatic rings. The summed E-state index contributed by atoms with van der Waals surface area (Å²) in [6.45, 7) is 7.62. The van der Waals surface area contributed by atoms with Crippen LogP contribution in [0.2, 0.25) is 5.02 Å². The maximum Gasteiger partial charge on any atom is 0.260 e. The van der Waals surface area contributed by atoms with Crippen LogP contribution < -0.4 is 21.5 Å². The highest BCUT2D eigenvalue weighted by atomic mass is 35.5. The van der Waals surface area contributed by atoms with E-state index in [1.807, 2.05) is 32.0 Å². The van der Waals surface area contributed by atoms with E-state index in [9.17, 15) is 14.0 Å². The van der Waals surface area contributed by atoms with E-state index in [-0.39, 0.29) is 28.6 Å². The maximum absolute atomic E-state index is 14.6. The summed E-state index contributed by atoms with van der Waals surface area (Å²) in [7, 11) is 4.14. The molecule has 2 aromatic heterocycles. The lowest BCUT2D eigenvalue weighted by Gasteiger charge is -2.31. The van der Waals surface area contributed by atoms with Crippen molar-refractivity contribution < 1.29 is 9.18 Å². The molecule has 0 saturated heterocycles. The van der Waals surface area contributed by atoms with E-state index in [4.69, 9.17) is 16.6 Å². The Hall–Kier alpha value is -4.02. The number of anilines is 3. The zero-order chi connectivity index (χ0) is 33.0. The summed E-state index contributed by atoms with van der Waals surface area (Å²) in [5.41, 5.74) is 4.55. The SMILES string of the molecule is CCC(=O)NC1CCC(n2c(=O)c(-c3cccc(F)c3Cl)c(C)c3cnc(Nc4ccc(NCCCN(C)C)c(C)c4)nc32)CC1. The van der Waals surface area contributed by atoms with Gasteiger partial charge in [-0.25, -0.2) is 9.37 Å². The Kier molecular flexibility index (Phi) is 10.6. The fraction of sp³-hybridized carbons (Fsp3) is 0.429. The molecule has 9 nitrogen and oxygen atoms in total. The molecule has 2 aromatic carbocycles. The number of hydrogen-bond donors (Lipinski definition) is 3. The van der Waals surface area contributed by atoms with Gasteiger partial charge in [0.05, 0.1) is 10.6 Å². The first-order chi connectivity index (χ1) is 22.1. The van der Waals surface area contributed by atoms with Gasteiger partial charge >= 0.3 is 0 Å². The van der Waals surface area contributed by atoms with Crippen molar-refractivity contribution in [2.24, 2.45) is 0 Å². The molecule has 0 radical (unpaired) electrons. The smallest absolute Gasteiger partial charge is 0.260 e. The molecule has 0 unspecified atom stereocenters. The van der Waals surface area contributed by atoms with Crippen molar-refractivity contribution in [2.75, 3.05) is 37.8 Å². The summed E-state index contributed by atoms with van der Waals surface area (Å²) < 4.78 is 16.3. The number of rotatable bonds is 11. The Labute approximate surface area is 274 Å². The largest absolute Gasteiger partial charge is 0.385 e. The van der Waals surface area contributed by atoms with Gasteiger partial charge in [-0.1, -0.05) is 30.7 Å². The van der Waals surface area contributed by atoms with E-state index in [0.29, 0.717) is 52.9 Å². The highest BCUT2D eigenvalue weighted by Crippen LogP contribution is 2.36. The molecule has 1 saturated carbocycles. The van der Waals surface area contributed by atoms with Crippen LogP contribution in [0, 0.1) is 19.7 Å². The minimum atomic E-state index is -0.585. The van der Waals surface area contributed by atoms with Crippen LogP contribution in [0.1, 0.15) is 62.6 Å². The third kappa shape index (κ3) is 7.34. The van der Waals surface area contributed by atoms with Gasteiger partial charge in [-0.15, -0.1) is 0 Å². The highest BCUT2D eigenvalue weighted by molar-refractivity contribution is 6.33. The lowest BCUT2D eigenvalue weighted by atomic mass is 9.90. The summed E-state index contributed by atoms with van der Waals surface area (Å²) in [6.07, 6.45) is 6.02. The Bertz CT molecular complexity index is 1780. The summed E-state index contributed by atoms with van der Waals surface area (Å²) in [4.78, 5) is 38.1. The second-order valence-electron chi connectivity index (χ2n) is 12.4. The minimum Gasteiger partial charge on any atom is -0.385 e. The van der Waals surface area contributed by atoms with Crippen molar-refractivity contribution in [3.8, 4) is 11.1 Å². The van der Waals surface area contributed by atoms with E-state index in [2.05, 4.69) is 46.9 Å². The summed E-state index contributed by atoms with van der Waals surface area (Å²) in [5.74, 6) is -0.194. The van der Waals surface area contributed by atoms with E-state index in [0.717, 1.165) is 49.3 Å². The number of carbonyl (C=O) groups excluding carboxylic acids is 1. The number of hydrogen-bond acceptors (Lipinski definition) is 7. The molecule has 46 heavy (non-hydrogen) atoms. The number of halogens is 2. The quantitative estimate of drug-likeness (QED) is 0.151. The number of pyridine rings is 1. The van der Waals surface area contributed by atoms with Crippen LogP contribution >= 0.6 is 11.6 Å². The number of aryl methyl sites for hydroxylation is 2. The van der Waals surface area contributed by atoms with Gasteiger partial charge in [0.2, 0.25) is 11.9 Å².